The van der Waals surface area contributed by atoms with Crippen LogP contribution in [0.4, 0.5) is 0 Å². The lowest BCUT2D eigenvalue weighted by Crippen LogP contribution is -2.19. The van der Waals surface area contributed by atoms with Crippen molar-refractivity contribution in [2.75, 3.05) is 0 Å². The summed E-state index contributed by atoms with van der Waals surface area (Å²) >= 11 is 9.32. The number of Topliss-reactive ketones (excluding diaryl/α,β-unsaturated/α-hetero) is 1. The monoisotopic (exact) mass is 492 g/mol. The smallest absolute Gasteiger partial charge is 0.177 e. The fraction of sp³-hybridized carbons (Fsp3) is 0.133. The Labute approximate surface area is 143 Å². The van der Waals surface area contributed by atoms with E-state index in [0.717, 1.165) is 14.7 Å². The zero-order valence-electron chi connectivity index (χ0n) is 9.89. The molecule has 0 spiro atoms. The fourth-order valence-corrected chi connectivity index (χ4v) is 3.19. The number of carbonyl (C=O) groups excluding carboxylic acids is 1. The average Bonchev–Trinajstić information content (AvgIpc) is 2.46. The first-order valence-electron chi connectivity index (χ1n) is 5.72. The van der Waals surface area contributed by atoms with E-state index in [1.807, 2.05) is 54.6 Å². The van der Waals surface area contributed by atoms with Crippen LogP contribution in [0.5, 0.6) is 0 Å². The fourth-order valence-electron chi connectivity index (χ4n) is 1.71. The summed E-state index contributed by atoms with van der Waals surface area (Å²) in [5.41, 5.74) is 1.81. The van der Waals surface area contributed by atoms with Gasteiger partial charge in [0.05, 0.1) is 9.65 Å². The van der Waals surface area contributed by atoms with Crippen molar-refractivity contribution in [3.05, 3.63) is 69.3 Å². The first kappa shape index (κ1) is 15.2. The Hall–Kier alpha value is -0.200. The van der Waals surface area contributed by atoms with Gasteiger partial charge in [0.2, 0.25) is 0 Å². The van der Waals surface area contributed by atoms with E-state index in [1.54, 1.807) is 0 Å². The topological polar surface area (TPSA) is 17.1 Å². The van der Waals surface area contributed by atoms with Crippen LogP contribution in [0.25, 0.3) is 0 Å². The minimum Gasteiger partial charge on any atom is -0.293 e. The van der Waals surface area contributed by atoms with Crippen LogP contribution in [0.15, 0.2) is 54.6 Å². The van der Waals surface area contributed by atoms with Crippen LogP contribution in [0.1, 0.15) is 20.7 Å². The minimum absolute atomic E-state index is 0.0412. The molecule has 1 nitrogen and oxygen atoms in total. The number of carbonyl (C=O) groups is 1. The summed E-state index contributed by atoms with van der Waals surface area (Å²) in [6.45, 7) is 0. The van der Waals surface area contributed by atoms with E-state index < -0.39 is 0 Å². The third kappa shape index (κ3) is 3.89. The number of hydrogen-bond donors (Lipinski definition) is 0. The lowest BCUT2D eigenvalue weighted by molar-refractivity contribution is 0.0991. The molecule has 2 unspecified atom stereocenters. The van der Waals surface area contributed by atoms with E-state index >= 15 is 0 Å². The van der Waals surface area contributed by atoms with Gasteiger partial charge in [-0.2, -0.15) is 0 Å². The summed E-state index contributed by atoms with van der Waals surface area (Å²) in [6.07, 6.45) is 0. The van der Waals surface area contributed by atoms with Gasteiger partial charge < -0.3 is 0 Å². The van der Waals surface area contributed by atoms with Crippen LogP contribution in [0, 0.1) is 3.57 Å². The zero-order chi connectivity index (χ0) is 13.8. The molecule has 0 fully saturated rings. The van der Waals surface area contributed by atoms with Crippen LogP contribution in [0.3, 0.4) is 0 Å². The molecule has 0 N–H and O–H groups in total. The summed E-state index contributed by atoms with van der Waals surface area (Å²) < 4.78 is 1.12. The van der Waals surface area contributed by atoms with Gasteiger partial charge in [-0.3, -0.25) is 4.79 Å². The van der Waals surface area contributed by atoms with Crippen molar-refractivity contribution in [2.24, 2.45) is 0 Å². The molecular formula is C15H11Br2IO. The van der Waals surface area contributed by atoms with Gasteiger partial charge in [0.15, 0.2) is 5.78 Å². The summed E-state index contributed by atoms with van der Waals surface area (Å²) in [5.74, 6) is 0.0853. The Morgan fingerprint density at radius 3 is 2.11 bits per heavy atom. The molecule has 2 rings (SSSR count). The molecule has 0 amide bonds. The van der Waals surface area contributed by atoms with E-state index in [1.165, 1.54) is 0 Å². The van der Waals surface area contributed by atoms with E-state index in [4.69, 9.17) is 0 Å². The van der Waals surface area contributed by atoms with Gasteiger partial charge in [0, 0.05) is 9.13 Å². The Morgan fingerprint density at radius 2 is 1.53 bits per heavy atom. The Bertz CT molecular complexity index is 554. The molecule has 2 aromatic rings. The second-order valence-corrected chi connectivity index (χ2v) is 7.30. The SMILES string of the molecule is O=C(c1ccc(I)cc1)C(Br)C(Br)c1ccccc1. The summed E-state index contributed by atoms with van der Waals surface area (Å²) in [7, 11) is 0. The molecule has 0 heterocycles. The van der Waals surface area contributed by atoms with Gasteiger partial charge in [0.25, 0.3) is 0 Å². The molecule has 4 heteroatoms. The summed E-state index contributed by atoms with van der Waals surface area (Å²) in [5, 5.41) is 0. The Balaban J connectivity index is 2.17. The number of benzene rings is 2. The molecule has 0 bridgehead atoms. The highest BCUT2D eigenvalue weighted by Crippen LogP contribution is 2.33. The van der Waals surface area contributed by atoms with Gasteiger partial charge in [-0.1, -0.05) is 74.3 Å². The van der Waals surface area contributed by atoms with Crippen molar-refractivity contribution in [1.29, 1.82) is 0 Å². The zero-order valence-corrected chi connectivity index (χ0v) is 15.2. The first-order valence-corrected chi connectivity index (χ1v) is 8.63. The largest absolute Gasteiger partial charge is 0.293 e. The molecule has 2 atom stereocenters. The Kier molecular flexibility index (Phi) is 5.59. The molecule has 0 aliphatic rings. The highest BCUT2D eigenvalue weighted by atomic mass is 127. The van der Waals surface area contributed by atoms with Crippen molar-refractivity contribution in [1.82, 2.24) is 0 Å². The molecule has 2 aromatic carbocycles. The van der Waals surface area contributed by atoms with Crippen molar-refractivity contribution in [2.45, 2.75) is 9.65 Å². The molecular weight excluding hydrogens is 483 g/mol. The maximum Gasteiger partial charge on any atom is 0.177 e. The van der Waals surface area contributed by atoms with Gasteiger partial charge in [-0.05, 0) is 40.3 Å². The predicted octanol–water partition coefficient (Wildman–Crippen LogP) is 5.37. The second-order valence-electron chi connectivity index (χ2n) is 4.09. The van der Waals surface area contributed by atoms with Crippen LogP contribution < -0.4 is 0 Å². The van der Waals surface area contributed by atoms with Gasteiger partial charge in [-0.15, -0.1) is 0 Å². The standard InChI is InChI=1S/C15H11Br2IO/c16-13(10-4-2-1-3-5-10)14(17)15(19)11-6-8-12(18)9-7-11/h1-9,13-14H. The lowest BCUT2D eigenvalue weighted by Gasteiger charge is -2.16. The molecule has 98 valence electrons. The maximum absolute atomic E-state index is 12.4. The van der Waals surface area contributed by atoms with Gasteiger partial charge in [-0.25, -0.2) is 0 Å². The van der Waals surface area contributed by atoms with E-state index in [2.05, 4.69) is 54.5 Å². The van der Waals surface area contributed by atoms with Crippen LogP contribution in [-0.4, -0.2) is 10.6 Å². The second kappa shape index (κ2) is 6.99. The normalized spacial score (nSPS) is 13.8. The lowest BCUT2D eigenvalue weighted by atomic mass is 10.0. The maximum atomic E-state index is 12.4. The van der Waals surface area contributed by atoms with Crippen molar-refractivity contribution in [3.63, 3.8) is 0 Å². The van der Waals surface area contributed by atoms with Gasteiger partial charge in [0.1, 0.15) is 0 Å². The number of rotatable bonds is 4. The quantitative estimate of drug-likeness (QED) is 0.318. The molecule has 0 radical (unpaired) electrons. The molecule has 0 aliphatic carbocycles. The van der Waals surface area contributed by atoms with E-state index in [0.29, 0.717) is 0 Å². The van der Waals surface area contributed by atoms with Crippen LogP contribution in [0.2, 0.25) is 0 Å². The predicted molar refractivity (Wildman–Crippen MR) is 94.3 cm³/mol. The van der Waals surface area contributed by atoms with Crippen molar-refractivity contribution in [3.8, 4) is 0 Å². The average molecular weight is 494 g/mol. The molecule has 19 heavy (non-hydrogen) atoms. The van der Waals surface area contributed by atoms with Crippen molar-refractivity contribution >= 4 is 60.2 Å². The van der Waals surface area contributed by atoms with E-state index in [-0.39, 0.29) is 15.4 Å². The number of halogens is 3. The molecule has 0 saturated heterocycles. The number of hydrogen-bond acceptors (Lipinski definition) is 1. The highest BCUT2D eigenvalue weighted by molar-refractivity contribution is 14.1. The summed E-state index contributed by atoms with van der Waals surface area (Å²) in [4.78, 5) is 12.1. The third-order valence-electron chi connectivity index (χ3n) is 2.75. The van der Waals surface area contributed by atoms with E-state index in [9.17, 15) is 4.79 Å². The third-order valence-corrected chi connectivity index (χ3v) is 6.18. The minimum atomic E-state index is -0.282. The summed E-state index contributed by atoms with van der Waals surface area (Å²) in [6, 6.07) is 17.5. The van der Waals surface area contributed by atoms with Crippen LogP contribution in [-0.2, 0) is 0 Å². The molecule has 0 saturated carbocycles. The first-order chi connectivity index (χ1) is 9.09. The Morgan fingerprint density at radius 1 is 0.947 bits per heavy atom. The van der Waals surface area contributed by atoms with Crippen molar-refractivity contribution < 1.29 is 4.79 Å². The number of ketones is 1. The van der Waals surface area contributed by atoms with Crippen LogP contribution >= 0.6 is 54.5 Å². The number of alkyl halides is 2. The van der Waals surface area contributed by atoms with Gasteiger partial charge >= 0.3 is 0 Å². The highest BCUT2D eigenvalue weighted by Gasteiger charge is 2.25. The molecule has 0 aromatic heterocycles. The molecule has 0 aliphatic heterocycles.